The van der Waals surface area contributed by atoms with Gasteiger partial charge < -0.3 is 10.2 Å². The second-order valence-electron chi connectivity index (χ2n) is 5.02. The molecule has 1 fully saturated rings. The van der Waals surface area contributed by atoms with E-state index in [1.807, 2.05) is 0 Å². The van der Waals surface area contributed by atoms with E-state index in [9.17, 15) is 22.4 Å². The zero-order valence-corrected chi connectivity index (χ0v) is 11.0. The molecule has 1 N–H and O–H groups in total. The molecule has 1 heterocycles. The number of carbonyl (C=O) groups is 1. The first kappa shape index (κ1) is 15.0. The fourth-order valence-corrected chi connectivity index (χ4v) is 2.45. The first-order valence-corrected chi connectivity index (χ1v) is 6.47. The predicted octanol–water partition coefficient (Wildman–Crippen LogP) is 2.03. The molecule has 0 aromatic heterocycles. The Hall–Kier alpha value is -1.37. The minimum Gasteiger partial charge on any atom is -0.336 e. The topological polar surface area (TPSA) is 32.3 Å². The zero-order chi connectivity index (χ0) is 14.9. The number of carbonyl (C=O) groups excluding carboxylic acids is 1. The van der Waals surface area contributed by atoms with Gasteiger partial charge in [0, 0.05) is 32.1 Å². The number of alkyl halides is 3. The normalized spacial score (nSPS) is 27.9. The highest BCUT2D eigenvalue weighted by atomic mass is 19.4. The van der Waals surface area contributed by atoms with Crippen molar-refractivity contribution in [2.45, 2.75) is 13.1 Å². The van der Waals surface area contributed by atoms with Crippen molar-refractivity contribution < 1.29 is 22.4 Å². The van der Waals surface area contributed by atoms with Gasteiger partial charge in [0.25, 0.3) is 5.91 Å². The molecular formula is C13H16F4N2O. The maximum Gasteiger partial charge on any atom is 0.395 e. The highest BCUT2D eigenvalue weighted by molar-refractivity contribution is 5.97. The van der Waals surface area contributed by atoms with Crippen LogP contribution in [0.1, 0.15) is 6.92 Å². The summed E-state index contributed by atoms with van der Waals surface area (Å²) < 4.78 is 52.2. The third-order valence-corrected chi connectivity index (χ3v) is 3.68. The SMILES string of the molecule is CC1C(F)=C(C(=O)N2CCNCC2)C=CC1C(F)(F)F. The molecule has 1 amide bonds. The predicted molar refractivity (Wildman–Crippen MR) is 65.4 cm³/mol. The number of hydrogen-bond donors (Lipinski definition) is 1. The lowest BCUT2D eigenvalue weighted by Gasteiger charge is -2.31. The van der Waals surface area contributed by atoms with Crippen LogP contribution >= 0.6 is 0 Å². The van der Waals surface area contributed by atoms with E-state index in [-0.39, 0.29) is 5.57 Å². The van der Waals surface area contributed by atoms with Gasteiger partial charge in [-0.1, -0.05) is 19.1 Å². The molecule has 2 aliphatic rings. The molecule has 1 saturated heterocycles. The fourth-order valence-electron chi connectivity index (χ4n) is 2.45. The number of rotatable bonds is 1. The Morgan fingerprint density at radius 2 is 1.95 bits per heavy atom. The van der Waals surface area contributed by atoms with E-state index in [0.29, 0.717) is 26.2 Å². The molecule has 2 unspecified atom stereocenters. The first-order chi connectivity index (χ1) is 9.32. The average Bonchev–Trinajstić information content (AvgIpc) is 2.40. The molecule has 0 aromatic rings. The number of halogens is 4. The Kier molecular flexibility index (Phi) is 4.17. The quantitative estimate of drug-likeness (QED) is 0.750. The van der Waals surface area contributed by atoms with Crippen molar-refractivity contribution in [2.24, 2.45) is 11.8 Å². The van der Waals surface area contributed by atoms with Crippen LogP contribution in [0.25, 0.3) is 0 Å². The van der Waals surface area contributed by atoms with Gasteiger partial charge in [0.2, 0.25) is 0 Å². The summed E-state index contributed by atoms with van der Waals surface area (Å²) in [4.78, 5) is 13.6. The molecule has 2 atom stereocenters. The van der Waals surface area contributed by atoms with Gasteiger partial charge in [-0.25, -0.2) is 4.39 Å². The number of nitrogens with zero attached hydrogens (tertiary/aromatic N) is 1. The van der Waals surface area contributed by atoms with Crippen LogP contribution in [0.5, 0.6) is 0 Å². The number of allylic oxidation sites excluding steroid dienone is 2. The van der Waals surface area contributed by atoms with Crippen molar-refractivity contribution in [1.29, 1.82) is 0 Å². The molecule has 0 spiro atoms. The van der Waals surface area contributed by atoms with Crippen LogP contribution in [-0.4, -0.2) is 43.2 Å². The summed E-state index contributed by atoms with van der Waals surface area (Å²) >= 11 is 0. The molecule has 112 valence electrons. The van der Waals surface area contributed by atoms with E-state index in [1.54, 1.807) is 0 Å². The van der Waals surface area contributed by atoms with E-state index in [4.69, 9.17) is 0 Å². The average molecular weight is 292 g/mol. The highest BCUT2D eigenvalue weighted by Gasteiger charge is 2.45. The van der Waals surface area contributed by atoms with Crippen LogP contribution in [0.2, 0.25) is 0 Å². The van der Waals surface area contributed by atoms with Crippen molar-refractivity contribution in [1.82, 2.24) is 10.2 Å². The minimum atomic E-state index is -4.50. The van der Waals surface area contributed by atoms with E-state index in [1.165, 1.54) is 4.90 Å². The van der Waals surface area contributed by atoms with Crippen molar-refractivity contribution in [3.8, 4) is 0 Å². The Morgan fingerprint density at radius 3 is 2.50 bits per heavy atom. The van der Waals surface area contributed by atoms with E-state index >= 15 is 0 Å². The summed E-state index contributed by atoms with van der Waals surface area (Å²) in [6.07, 6.45) is -2.65. The van der Waals surface area contributed by atoms with Gasteiger partial charge in [-0.2, -0.15) is 13.2 Å². The third-order valence-electron chi connectivity index (χ3n) is 3.68. The molecule has 7 heteroatoms. The van der Waals surface area contributed by atoms with Crippen LogP contribution in [0.3, 0.4) is 0 Å². The summed E-state index contributed by atoms with van der Waals surface area (Å²) in [7, 11) is 0. The molecule has 1 aliphatic carbocycles. The van der Waals surface area contributed by atoms with Gasteiger partial charge in [-0.15, -0.1) is 0 Å². The monoisotopic (exact) mass is 292 g/mol. The maximum absolute atomic E-state index is 14.1. The van der Waals surface area contributed by atoms with Crippen molar-refractivity contribution in [3.05, 3.63) is 23.6 Å². The molecule has 20 heavy (non-hydrogen) atoms. The third kappa shape index (κ3) is 2.87. The zero-order valence-electron chi connectivity index (χ0n) is 11.0. The Balaban J connectivity index is 2.19. The molecule has 3 nitrogen and oxygen atoms in total. The van der Waals surface area contributed by atoms with Gasteiger partial charge in [-0.3, -0.25) is 4.79 Å². The Morgan fingerprint density at radius 1 is 1.35 bits per heavy atom. The molecule has 1 aliphatic heterocycles. The fraction of sp³-hybridized carbons (Fsp3) is 0.615. The van der Waals surface area contributed by atoms with Crippen molar-refractivity contribution in [3.63, 3.8) is 0 Å². The lowest BCUT2D eigenvalue weighted by Crippen LogP contribution is -2.47. The number of nitrogens with one attached hydrogen (secondary N) is 1. The van der Waals surface area contributed by atoms with Crippen LogP contribution in [0, 0.1) is 11.8 Å². The standard InChI is InChI=1S/C13H16F4N2O/c1-8-10(13(15,16)17)3-2-9(11(8)14)12(20)19-6-4-18-5-7-19/h2-3,8,10,18H,4-7H2,1H3. The number of amides is 1. The molecule has 0 radical (unpaired) electrons. The second kappa shape index (κ2) is 5.55. The molecule has 0 aromatic carbocycles. The smallest absolute Gasteiger partial charge is 0.336 e. The van der Waals surface area contributed by atoms with E-state index in [2.05, 4.69) is 5.32 Å². The van der Waals surface area contributed by atoms with Gasteiger partial charge in [0.15, 0.2) is 0 Å². The largest absolute Gasteiger partial charge is 0.395 e. The second-order valence-corrected chi connectivity index (χ2v) is 5.02. The Labute approximate surface area is 114 Å². The van der Waals surface area contributed by atoms with Crippen LogP contribution in [0.4, 0.5) is 17.6 Å². The summed E-state index contributed by atoms with van der Waals surface area (Å²) in [5.74, 6) is -4.74. The minimum absolute atomic E-state index is 0.250. The van der Waals surface area contributed by atoms with Crippen molar-refractivity contribution in [2.75, 3.05) is 26.2 Å². The molecular weight excluding hydrogens is 276 g/mol. The summed E-state index contributed by atoms with van der Waals surface area (Å²) in [5.41, 5.74) is -0.250. The lowest BCUT2D eigenvalue weighted by molar-refractivity contribution is -0.171. The van der Waals surface area contributed by atoms with Gasteiger partial charge in [-0.05, 0) is 0 Å². The maximum atomic E-state index is 14.1. The van der Waals surface area contributed by atoms with Gasteiger partial charge in [0.05, 0.1) is 11.5 Å². The number of piperazine rings is 1. The lowest BCUT2D eigenvalue weighted by atomic mass is 9.85. The van der Waals surface area contributed by atoms with Crippen molar-refractivity contribution >= 4 is 5.91 Å². The van der Waals surface area contributed by atoms with E-state index in [0.717, 1.165) is 19.1 Å². The number of hydrogen-bond acceptors (Lipinski definition) is 2. The summed E-state index contributed by atoms with van der Waals surface area (Å²) in [6.45, 7) is 3.22. The first-order valence-electron chi connectivity index (χ1n) is 6.47. The molecule has 0 saturated carbocycles. The van der Waals surface area contributed by atoms with Crippen LogP contribution < -0.4 is 5.32 Å². The highest BCUT2D eigenvalue weighted by Crippen LogP contribution is 2.41. The summed E-state index contributed by atoms with van der Waals surface area (Å²) in [5, 5.41) is 3.05. The van der Waals surface area contributed by atoms with E-state index < -0.39 is 29.7 Å². The molecule has 2 rings (SSSR count). The Bertz CT molecular complexity index is 450. The summed E-state index contributed by atoms with van der Waals surface area (Å²) in [6, 6.07) is 0. The van der Waals surface area contributed by atoms with Gasteiger partial charge >= 0.3 is 6.18 Å². The molecule has 0 bridgehead atoms. The van der Waals surface area contributed by atoms with Crippen LogP contribution in [-0.2, 0) is 4.79 Å². The van der Waals surface area contributed by atoms with Crippen LogP contribution in [0.15, 0.2) is 23.6 Å². The van der Waals surface area contributed by atoms with Gasteiger partial charge in [0.1, 0.15) is 5.83 Å².